The second-order valence-electron chi connectivity index (χ2n) is 11.3. The molecule has 0 atom stereocenters. The first kappa shape index (κ1) is 33.0. The Morgan fingerprint density at radius 2 is 0.560 bits per heavy atom. The SMILES string of the molecule is O=P(c1ccc(F)cc1)(c1ccc(F)cc1)c1cccc(-c2cccc(-c3cccc(P(=O)(c4ccc(F)cc4)c4ccc(F)cc4)n3)n2)n1. The van der Waals surface area contributed by atoms with Crippen molar-refractivity contribution in [1.29, 1.82) is 0 Å². The molecule has 50 heavy (non-hydrogen) atoms. The number of halogens is 4. The Bertz CT molecular complexity index is 2160. The minimum absolute atomic E-state index is 0.195. The predicted molar refractivity (Wildman–Crippen MR) is 189 cm³/mol. The van der Waals surface area contributed by atoms with Crippen LogP contribution in [0.1, 0.15) is 0 Å². The van der Waals surface area contributed by atoms with Gasteiger partial charge in [0.1, 0.15) is 34.1 Å². The van der Waals surface area contributed by atoms with Gasteiger partial charge >= 0.3 is 0 Å². The molecule has 0 spiro atoms. The van der Waals surface area contributed by atoms with Crippen molar-refractivity contribution in [2.75, 3.05) is 0 Å². The minimum Gasteiger partial charge on any atom is -0.307 e. The van der Waals surface area contributed by atoms with Crippen LogP contribution in [-0.4, -0.2) is 15.0 Å². The molecule has 0 aliphatic rings. The fourth-order valence-corrected chi connectivity index (χ4v) is 10.7. The molecule has 0 fully saturated rings. The molecule has 5 nitrogen and oxygen atoms in total. The fourth-order valence-electron chi connectivity index (χ4n) is 5.63. The zero-order chi connectivity index (χ0) is 34.9. The zero-order valence-electron chi connectivity index (χ0n) is 26.0. The highest BCUT2D eigenvalue weighted by Gasteiger charge is 2.33. The van der Waals surface area contributed by atoms with Crippen LogP contribution in [0.25, 0.3) is 22.8 Å². The summed E-state index contributed by atoms with van der Waals surface area (Å²) in [5.74, 6) is -1.98. The largest absolute Gasteiger partial charge is 0.307 e. The first-order valence-corrected chi connectivity index (χ1v) is 18.7. The number of hydrogen-bond donors (Lipinski definition) is 0. The van der Waals surface area contributed by atoms with E-state index in [-0.39, 0.29) is 10.9 Å². The summed E-state index contributed by atoms with van der Waals surface area (Å²) in [5, 5.41) is 1.29. The van der Waals surface area contributed by atoms with E-state index in [1.165, 1.54) is 97.1 Å². The maximum atomic E-state index is 14.9. The van der Waals surface area contributed by atoms with Crippen molar-refractivity contribution in [2.24, 2.45) is 0 Å². The van der Waals surface area contributed by atoms with E-state index in [4.69, 9.17) is 15.0 Å². The summed E-state index contributed by atoms with van der Waals surface area (Å²) in [4.78, 5) is 14.3. The van der Waals surface area contributed by atoms with Crippen LogP contribution in [0.15, 0.2) is 152 Å². The molecule has 0 saturated carbocycles. The first-order valence-electron chi connectivity index (χ1n) is 15.3. The average Bonchev–Trinajstić information content (AvgIpc) is 3.15. The van der Waals surface area contributed by atoms with Crippen LogP contribution in [0, 0.1) is 23.3 Å². The van der Waals surface area contributed by atoms with Gasteiger partial charge in [0.2, 0.25) is 0 Å². The zero-order valence-corrected chi connectivity index (χ0v) is 27.8. The second-order valence-corrected chi connectivity index (χ2v) is 16.7. The van der Waals surface area contributed by atoms with Crippen molar-refractivity contribution in [1.82, 2.24) is 15.0 Å². The quantitative estimate of drug-likeness (QED) is 0.125. The fraction of sp³-hybridized carbons (Fsp3) is 0. The van der Waals surface area contributed by atoms with Crippen LogP contribution >= 0.6 is 14.3 Å². The van der Waals surface area contributed by atoms with Gasteiger partial charge in [-0.3, -0.25) is 0 Å². The molecule has 7 aromatic rings. The third kappa shape index (κ3) is 6.22. The van der Waals surface area contributed by atoms with Crippen LogP contribution in [-0.2, 0) is 9.13 Å². The highest BCUT2D eigenvalue weighted by atomic mass is 31.2. The monoisotopic (exact) mass is 705 g/mol. The highest BCUT2D eigenvalue weighted by molar-refractivity contribution is 7.85. The molecule has 0 bridgehead atoms. The van der Waals surface area contributed by atoms with Crippen molar-refractivity contribution < 1.29 is 26.7 Å². The maximum absolute atomic E-state index is 14.9. The number of nitrogens with zero attached hydrogens (tertiary/aromatic N) is 3. The topological polar surface area (TPSA) is 72.8 Å². The molecule has 0 saturated heterocycles. The molecule has 0 aliphatic carbocycles. The van der Waals surface area contributed by atoms with Gasteiger partial charge in [0, 0.05) is 21.2 Å². The summed E-state index contributed by atoms with van der Waals surface area (Å²) in [5.41, 5.74) is 1.99. The molecule has 7 rings (SSSR count). The van der Waals surface area contributed by atoms with Crippen molar-refractivity contribution in [3.8, 4) is 22.8 Å². The molecule has 11 heteroatoms. The van der Waals surface area contributed by atoms with Crippen LogP contribution in [0.3, 0.4) is 0 Å². The predicted octanol–water partition coefficient (Wildman–Crippen LogP) is 7.04. The van der Waals surface area contributed by atoms with Crippen molar-refractivity contribution >= 4 is 46.4 Å². The second kappa shape index (κ2) is 13.4. The Kier molecular flexibility index (Phi) is 8.87. The number of pyridine rings is 3. The number of rotatable bonds is 8. The van der Waals surface area contributed by atoms with E-state index in [0.29, 0.717) is 44.0 Å². The van der Waals surface area contributed by atoms with Crippen LogP contribution < -0.4 is 32.1 Å². The van der Waals surface area contributed by atoms with Gasteiger partial charge in [-0.15, -0.1) is 0 Å². The summed E-state index contributed by atoms with van der Waals surface area (Å²) in [7, 11) is -7.37. The van der Waals surface area contributed by atoms with E-state index in [1.54, 1.807) is 54.6 Å². The lowest BCUT2D eigenvalue weighted by molar-refractivity contribution is 0.590. The molecule has 3 aromatic heterocycles. The standard InChI is InChI=1S/C39H25F4N3O2P2/c40-26-10-18-30(19-11-26)49(47,31-20-12-27(41)13-21-31)38-8-2-6-36(45-38)34-4-1-5-35(44-34)37-7-3-9-39(46-37)50(48,32-22-14-28(42)15-23-32)33-24-16-29(43)17-25-33/h1-25H. The van der Waals surface area contributed by atoms with Gasteiger partial charge in [-0.05, 0) is 133 Å². The Morgan fingerprint density at radius 3 is 0.840 bits per heavy atom. The van der Waals surface area contributed by atoms with Crippen LogP contribution in [0.2, 0.25) is 0 Å². The highest BCUT2D eigenvalue weighted by Crippen LogP contribution is 2.43. The normalized spacial score (nSPS) is 11.8. The molecular formula is C39H25F4N3O2P2. The molecule has 0 N–H and O–H groups in total. The Hall–Kier alpha value is -5.49. The van der Waals surface area contributed by atoms with Crippen LogP contribution in [0.5, 0.6) is 0 Å². The lowest BCUT2D eigenvalue weighted by Crippen LogP contribution is -2.27. The van der Waals surface area contributed by atoms with Gasteiger partial charge in [0.15, 0.2) is 14.3 Å². The van der Waals surface area contributed by atoms with Gasteiger partial charge in [-0.2, -0.15) is 0 Å². The first-order chi connectivity index (χ1) is 24.1. The smallest absolute Gasteiger partial charge is 0.188 e. The Balaban J connectivity index is 1.31. The molecule has 4 aromatic carbocycles. The number of hydrogen-bond acceptors (Lipinski definition) is 5. The average molecular weight is 706 g/mol. The summed E-state index contributed by atoms with van der Waals surface area (Å²) >= 11 is 0. The van der Waals surface area contributed by atoms with E-state index in [2.05, 4.69) is 0 Å². The molecular weight excluding hydrogens is 680 g/mol. The maximum Gasteiger partial charge on any atom is 0.188 e. The van der Waals surface area contributed by atoms with Gasteiger partial charge in [-0.25, -0.2) is 32.5 Å². The van der Waals surface area contributed by atoms with E-state index in [0.717, 1.165) is 0 Å². The van der Waals surface area contributed by atoms with Crippen LogP contribution in [0.4, 0.5) is 17.6 Å². The summed E-state index contributed by atoms with van der Waals surface area (Å²) in [6.45, 7) is 0. The molecule has 0 aliphatic heterocycles. The minimum atomic E-state index is -3.69. The van der Waals surface area contributed by atoms with Crippen molar-refractivity contribution in [3.05, 3.63) is 175 Å². The Labute approximate surface area is 285 Å². The lowest BCUT2D eigenvalue weighted by atomic mass is 10.2. The lowest BCUT2D eigenvalue weighted by Gasteiger charge is -2.20. The Morgan fingerprint density at radius 1 is 0.320 bits per heavy atom. The van der Waals surface area contributed by atoms with Crippen molar-refractivity contribution in [2.45, 2.75) is 0 Å². The van der Waals surface area contributed by atoms with E-state index in [1.807, 2.05) is 0 Å². The summed E-state index contributed by atoms with van der Waals surface area (Å²) in [6.07, 6.45) is 0. The summed E-state index contributed by atoms with van der Waals surface area (Å²) in [6, 6.07) is 36.4. The number of aromatic nitrogens is 3. The third-order valence-electron chi connectivity index (χ3n) is 8.15. The van der Waals surface area contributed by atoms with E-state index in [9.17, 15) is 26.7 Å². The van der Waals surface area contributed by atoms with Gasteiger partial charge < -0.3 is 9.13 Å². The molecule has 3 heterocycles. The number of benzene rings is 4. The van der Waals surface area contributed by atoms with Gasteiger partial charge in [0.25, 0.3) is 0 Å². The molecule has 0 amide bonds. The third-order valence-corrected chi connectivity index (χ3v) is 14.0. The van der Waals surface area contributed by atoms with E-state index < -0.39 is 37.6 Å². The van der Waals surface area contributed by atoms with Crippen molar-refractivity contribution in [3.63, 3.8) is 0 Å². The molecule has 246 valence electrons. The molecule has 0 unspecified atom stereocenters. The van der Waals surface area contributed by atoms with Gasteiger partial charge in [-0.1, -0.05) is 18.2 Å². The summed E-state index contributed by atoms with van der Waals surface area (Å²) < 4.78 is 85.3. The van der Waals surface area contributed by atoms with Gasteiger partial charge in [0.05, 0.1) is 22.8 Å². The van der Waals surface area contributed by atoms with E-state index >= 15 is 0 Å². The molecule has 0 radical (unpaired) electrons.